The molecule has 116 valence electrons. The molecule has 0 saturated heterocycles. The lowest BCUT2D eigenvalue weighted by Crippen LogP contribution is -2.22. The maximum Gasteiger partial charge on any atom is 0.416 e. The van der Waals surface area contributed by atoms with Gasteiger partial charge in [0.05, 0.1) is 16.5 Å². The highest BCUT2D eigenvalue weighted by molar-refractivity contribution is 7.93. The molecule has 0 heterocycles. The molecule has 0 radical (unpaired) electrons. The van der Waals surface area contributed by atoms with Crippen molar-refractivity contribution in [2.75, 3.05) is 4.72 Å². The van der Waals surface area contributed by atoms with Crippen LogP contribution >= 0.6 is 0 Å². The zero-order valence-electron chi connectivity index (χ0n) is 10.6. The summed E-state index contributed by atoms with van der Waals surface area (Å²) in [5, 5.41) is 10.7. The molecule has 0 aliphatic heterocycles. The number of amidine groups is 1. The molecule has 1 aromatic carbocycles. The van der Waals surface area contributed by atoms with Gasteiger partial charge in [0.1, 0.15) is 0 Å². The summed E-state index contributed by atoms with van der Waals surface area (Å²) in [6, 6.07) is 2.29. The van der Waals surface area contributed by atoms with Crippen molar-refractivity contribution in [1.82, 2.24) is 0 Å². The first-order valence-corrected chi connectivity index (χ1v) is 7.40. The molecule has 4 N–H and O–H groups in total. The van der Waals surface area contributed by atoms with Crippen LogP contribution in [0.25, 0.3) is 0 Å². The topological polar surface area (TPSA) is 105 Å². The van der Waals surface area contributed by atoms with Gasteiger partial charge in [0, 0.05) is 5.56 Å². The van der Waals surface area contributed by atoms with E-state index in [1.54, 1.807) is 0 Å². The monoisotopic (exact) mass is 323 g/mol. The molecule has 0 bridgehead atoms. The van der Waals surface area contributed by atoms with Crippen molar-refractivity contribution in [2.45, 2.75) is 24.3 Å². The second-order valence-corrected chi connectivity index (χ2v) is 6.55. The van der Waals surface area contributed by atoms with Crippen molar-refractivity contribution >= 4 is 21.5 Å². The number of nitrogens with two attached hydrogens (primary N) is 1. The van der Waals surface area contributed by atoms with Crippen LogP contribution < -0.4 is 10.5 Å². The minimum absolute atomic E-state index is 0.162. The number of nitrogens with one attached hydrogen (secondary N) is 1. The predicted molar refractivity (Wildman–Crippen MR) is 69.5 cm³/mol. The second kappa shape index (κ2) is 5.10. The number of oxime groups is 1. The maximum atomic E-state index is 12.7. The van der Waals surface area contributed by atoms with E-state index < -0.39 is 32.8 Å². The molecule has 1 fully saturated rings. The van der Waals surface area contributed by atoms with E-state index in [4.69, 9.17) is 10.9 Å². The Kier molecular flexibility index (Phi) is 3.74. The Hall–Kier alpha value is -1.97. The van der Waals surface area contributed by atoms with Crippen LogP contribution in [0.4, 0.5) is 18.9 Å². The highest BCUT2D eigenvalue weighted by atomic mass is 32.2. The van der Waals surface area contributed by atoms with E-state index in [-0.39, 0.29) is 11.3 Å². The fraction of sp³-hybridized carbons (Fsp3) is 0.364. The third-order valence-electron chi connectivity index (χ3n) is 2.95. The largest absolute Gasteiger partial charge is 0.416 e. The van der Waals surface area contributed by atoms with Crippen LogP contribution in [-0.2, 0) is 16.2 Å². The first-order valence-electron chi connectivity index (χ1n) is 5.86. The van der Waals surface area contributed by atoms with Crippen LogP contribution in [0.1, 0.15) is 24.0 Å². The Labute approximate surface area is 118 Å². The fourth-order valence-corrected chi connectivity index (χ4v) is 3.10. The normalized spacial score (nSPS) is 16.8. The van der Waals surface area contributed by atoms with Gasteiger partial charge in [0.25, 0.3) is 0 Å². The van der Waals surface area contributed by atoms with Crippen LogP contribution in [0.3, 0.4) is 0 Å². The fourth-order valence-electron chi connectivity index (χ4n) is 1.69. The molecular formula is C11H12F3N3O3S. The number of alkyl halides is 3. The van der Waals surface area contributed by atoms with Gasteiger partial charge in [-0.25, -0.2) is 8.42 Å². The molecule has 0 atom stereocenters. The molecule has 2 rings (SSSR count). The lowest BCUT2D eigenvalue weighted by molar-refractivity contribution is -0.137. The van der Waals surface area contributed by atoms with Crippen molar-refractivity contribution < 1.29 is 26.8 Å². The van der Waals surface area contributed by atoms with Crippen molar-refractivity contribution in [2.24, 2.45) is 10.9 Å². The molecule has 6 nitrogen and oxygen atoms in total. The summed E-state index contributed by atoms with van der Waals surface area (Å²) in [5.74, 6) is -0.616. The minimum Gasteiger partial charge on any atom is -0.409 e. The molecule has 0 unspecified atom stereocenters. The standard InChI is InChI=1S/C11H12F3N3O3S/c12-11(13,14)6-1-4-9(8(5-6)10(15)16-18)17-21(19,20)7-2-3-7/h1,4-5,7,17-18H,2-3H2,(H2,15,16). The molecule has 10 heteroatoms. The van der Waals surface area contributed by atoms with Crippen LogP contribution in [0.5, 0.6) is 0 Å². The van der Waals surface area contributed by atoms with E-state index in [2.05, 4.69) is 9.88 Å². The smallest absolute Gasteiger partial charge is 0.409 e. The number of nitrogens with zero attached hydrogens (tertiary/aromatic N) is 1. The highest BCUT2D eigenvalue weighted by Gasteiger charge is 2.37. The summed E-state index contributed by atoms with van der Waals surface area (Å²) in [4.78, 5) is 0. The van der Waals surface area contributed by atoms with Gasteiger partial charge in [0.15, 0.2) is 5.84 Å². The molecule has 1 aliphatic rings. The summed E-state index contributed by atoms with van der Waals surface area (Å²) < 4.78 is 63.8. The van der Waals surface area contributed by atoms with Crippen LogP contribution in [-0.4, -0.2) is 24.7 Å². The number of hydrogen-bond donors (Lipinski definition) is 3. The lowest BCUT2D eigenvalue weighted by atomic mass is 10.1. The van der Waals surface area contributed by atoms with Gasteiger partial charge in [0.2, 0.25) is 10.0 Å². The van der Waals surface area contributed by atoms with E-state index in [9.17, 15) is 21.6 Å². The molecule has 1 saturated carbocycles. The number of hydrogen-bond acceptors (Lipinski definition) is 4. The van der Waals surface area contributed by atoms with Gasteiger partial charge >= 0.3 is 6.18 Å². The van der Waals surface area contributed by atoms with E-state index in [0.717, 1.165) is 12.1 Å². The first kappa shape index (κ1) is 15.4. The minimum atomic E-state index is -4.63. The summed E-state index contributed by atoms with van der Waals surface area (Å²) >= 11 is 0. The predicted octanol–water partition coefficient (Wildman–Crippen LogP) is 1.70. The van der Waals surface area contributed by atoms with Crippen molar-refractivity contribution in [3.8, 4) is 0 Å². The zero-order valence-corrected chi connectivity index (χ0v) is 11.4. The quantitative estimate of drug-likeness (QED) is 0.339. The zero-order chi connectivity index (χ0) is 15.8. The Bertz CT molecular complexity index is 682. The van der Waals surface area contributed by atoms with Gasteiger partial charge in [-0.05, 0) is 31.0 Å². The van der Waals surface area contributed by atoms with Crippen LogP contribution in [0.15, 0.2) is 23.4 Å². The summed E-state index contributed by atoms with van der Waals surface area (Å²) in [6.45, 7) is 0. The van der Waals surface area contributed by atoms with E-state index in [1.165, 1.54) is 0 Å². The Morgan fingerprint density at radius 1 is 1.38 bits per heavy atom. The Balaban J connectivity index is 2.45. The molecule has 1 aromatic rings. The number of anilines is 1. The summed E-state index contributed by atoms with van der Waals surface area (Å²) in [7, 11) is -3.68. The Morgan fingerprint density at radius 2 is 2.00 bits per heavy atom. The summed E-state index contributed by atoms with van der Waals surface area (Å²) in [5.41, 5.74) is 3.79. The molecule has 0 aromatic heterocycles. The van der Waals surface area contributed by atoms with E-state index >= 15 is 0 Å². The van der Waals surface area contributed by atoms with Gasteiger partial charge in [-0.1, -0.05) is 5.16 Å². The van der Waals surface area contributed by atoms with Crippen molar-refractivity contribution in [3.05, 3.63) is 29.3 Å². The SMILES string of the molecule is N/C(=N/O)c1cc(C(F)(F)F)ccc1NS(=O)(=O)C1CC1. The van der Waals surface area contributed by atoms with E-state index in [0.29, 0.717) is 18.9 Å². The average molecular weight is 323 g/mol. The van der Waals surface area contributed by atoms with Crippen LogP contribution in [0, 0.1) is 0 Å². The first-order chi connectivity index (χ1) is 9.65. The molecule has 1 aliphatic carbocycles. The third kappa shape index (κ3) is 3.38. The van der Waals surface area contributed by atoms with Gasteiger partial charge in [-0.2, -0.15) is 13.2 Å². The number of rotatable bonds is 4. The van der Waals surface area contributed by atoms with Gasteiger partial charge < -0.3 is 10.9 Å². The highest BCUT2D eigenvalue weighted by Crippen LogP contribution is 2.34. The van der Waals surface area contributed by atoms with Crippen molar-refractivity contribution in [1.29, 1.82) is 0 Å². The number of sulfonamides is 1. The van der Waals surface area contributed by atoms with Gasteiger partial charge in [-0.3, -0.25) is 4.72 Å². The maximum absolute atomic E-state index is 12.7. The van der Waals surface area contributed by atoms with Crippen LogP contribution in [0.2, 0.25) is 0 Å². The molecule has 0 spiro atoms. The lowest BCUT2D eigenvalue weighted by Gasteiger charge is -2.14. The van der Waals surface area contributed by atoms with E-state index in [1.807, 2.05) is 0 Å². The number of benzene rings is 1. The molecule has 21 heavy (non-hydrogen) atoms. The second-order valence-electron chi connectivity index (χ2n) is 4.59. The van der Waals surface area contributed by atoms with Crippen molar-refractivity contribution in [3.63, 3.8) is 0 Å². The molecule has 0 amide bonds. The third-order valence-corrected chi connectivity index (χ3v) is 4.80. The van der Waals surface area contributed by atoms with Gasteiger partial charge in [-0.15, -0.1) is 0 Å². The average Bonchev–Trinajstić information content (AvgIpc) is 3.21. The molecular weight excluding hydrogens is 311 g/mol. The number of halogens is 3. The Morgan fingerprint density at radius 3 is 2.48 bits per heavy atom. The summed E-state index contributed by atoms with van der Waals surface area (Å²) in [6.07, 6.45) is -3.64.